The van der Waals surface area contributed by atoms with Crippen LogP contribution in [0, 0.1) is 23.0 Å². The zero-order valence-corrected chi connectivity index (χ0v) is 18.9. The number of aromatic nitrogens is 1. The van der Waals surface area contributed by atoms with Crippen LogP contribution in [0.25, 0.3) is 22.0 Å². The number of halogens is 2. The van der Waals surface area contributed by atoms with Crippen LogP contribution in [0.2, 0.25) is 0 Å². The fraction of sp³-hybridized carbons (Fsp3) is 0.185. The fourth-order valence-corrected chi connectivity index (χ4v) is 4.02. The van der Waals surface area contributed by atoms with Crippen LogP contribution < -0.4 is 4.74 Å². The molecule has 0 atom stereocenters. The molecule has 3 aromatic carbocycles. The molecule has 0 saturated heterocycles. The lowest BCUT2D eigenvalue weighted by Crippen LogP contribution is -2.33. The Kier molecular flexibility index (Phi) is 6.60. The van der Waals surface area contributed by atoms with Gasteiger partial charge in [0.1, 0.15) is 17.4 Å². The van der Waals surface area contributed by atoms with Gasteiger partial charge >= 0.3 is 6.09 Å². The Hall–Kier alpha value is -4.18. The van der Waals surface area contributed by atoms with Crippen LogP contribution in [0.4, 0.5) is 13.6 Å². The Morgan fingerprint density at radius 1 is 1.00 bits per heavy atom. The number of nitriles is 1. The highest BCUT2D eigenvalue weighted by Gasteiger charge is 2.19. The molecule has 4 aromatic rings. The normalized spacial score (nSPS) is 10.8. The van der Waals surface area contributed by atoms with Crippen LogP contribution >= 0.6 is 0 Å². The number of benzene rings is 3. The van der Waals surface area contributed by atoms with E-state index in [1.54, 1.807) is 35.2 Å². The summed E-state index contributed by atoms with van der Waals surface area (Å²) in [7, 11) is 0. The van der Waals surface area contributed by atoms with Crippen LogP contribution in [0.3, 0.4) is 0 Å². The van der Waals surface area contributed by atoms with Gasteiger partial charge in [0.2, 0.25) is 0 Å². The molecule has 5 nitrogen and oxygen atoms in total. The number of carbonyl (C=O) groups excluding carboxylic acids is 1. The predicted octanol–water partition coefficient (Wildman–Crippen LogP) is 6.35. The first-order valence-electron chi connectivity index (χ1n) is 11.0. The van der Waals surface area contributed by atoms with E-state index < -0.39 is 17.7 Å². The Bertz CT molecular complexity index is 1360. The maximum atomic E-state index is 13.7. The molecule has 0 N–H and O–H groups in total. The summed E-state index contributed by atoms with van der Waals surface area (Å²) in [6.07, 6.45) is 1.38. The van der Waals surface area contributed by atoms with Crippen LogP contribution in [-0.4, -0.2) is 28.6 Å². The van der Waals surface area contributed by atoms with Crippen molar-refractivity contribution in [1.29, 1.82) is 5.26 Å². The van der Waals surface area contributed by atoms with E-state index in [0.29, 0.717) is 35.5 Å². The monoisotopic (exact) mass is 459 g/mol. The second-order valence-electron chi connectivity index (χ2n) is 7.82. The van der Waals surface area contributed by atoms with Crippen LogP contribution in [0.5, 0.6) is 5.75 Å². The van der Waals surface area contributed by atoms with E-state index in [1.165, 1.54) is 12.1 Å². The third-order valence-corrected chi connectivity index (χ3v) is 5.71. The smallest absolute Gasteiger partial charge is 0.410 e. The topological polar surface area (TPSA) is 58.3 Å². The molecule has 0 aliphatic rings. The third kappa shape index (κ3) is 4.62. The fourth-order valence-electron chi connectivity index (χ4n) is 4.02. The number of rotatable bonds is 6. The molecule has 0 fully saturated rings. The largest absolute Gasteiger partial charge is 0.415 e. The van der Waals surface area contributed by atoms with Gasteiger partial charge in [0.15, 0.2) is 0 Å². The molecule has 0 unspecified atom stereocenters. The van der Waals surface area contributed by atoms with Gasteiger partial charge in [0, 0.05) is 48.4 Å². The van der Waals surface area contributed by atoms with Crippen molar-refractivity contribution in [3.8, 4) is 22.9 Å². The first-order chi connectivity index (χ1) is 16.4. The van der Waals surface area contributed by atoms with Gasteiger partial charge in [-0.3, -0.25) is 0 Å². The lowest BCUT2D eigenvalue weighted by atomic mass is 9.99. The summed E-state index contributed by atoms with van der Waals surface area (Å²) in [5.41, 5.74) is 3.30. The third-order valence-electron chi connectivity index (χ3n) is 5.71. The minimum Gasteiger partial charge on any atom is -0.410 e. The zero-order valence-electron chi connectivity index (χ0n) is 18.9. The van der Waals surface area contributed by atoms with Crippen molar-refractivity contribution in [1.82, 2.24) is 9.47 Å². The van der Waals surface area contributed by atoms with Gasteiger partial charge in [-0.2, -0.15) is 5.26 Å². The molecule has 34 heavy (non-hydrogen) atoms. The van der Waals surface area contributed by atoms with Crippen molar-refractivity contribution in [3.63, 3.8) is 0 Å². The van der Waals surface area contributed by atoms with E-state index in [4.69, 9.17) is 10.00 Å². The van der Waals surface area contributed by atoms with E-state index in [2.05, 4.69) is 6.07 Å². The summed E-state index contributed by atoms with van der Waals surface area (Å²) in [6.45, 7) is 5.06. The molecule has 0 aliphatic carbocycles. The van der Waals surface area contributed by atoms with Gasteiger partial charge in [0.05, 0.1) is 11.6 Å². The van der Waals surface area contributed by atoms with Crippen molar-refractivity contribution < 1.29 is 18.3 Å². The highest BCUT2D eigenvalue weighted by atomic mass is 19.1. The predicted molar refractivity (Wildman–Crippen MR) is 126 cm³/mol. The van der Waals surface area contributed by atoms with E-state index in [0.717, 1.165) is 22.5 Å². The van der Waals surface area contributed by atoms with Gasteiger partial charge < -0.3 is 14.2 Å². The number of hydrogen-bond acceptors (Lipinski definition) is 3. The minimum atomic E-state index is -0.629. The molecule has 0 aliphatic heterocycles. The van der Waals surface area contributed by atoms with Crippen LogP contribution in [0.1, 0.15) is 25.0 Å². The molecule has 7 heteroatoms. The van der Waals surface area contributed by atoms with E-state index in [-0.39, 0.29) is 6.54 Å². The summed E-state index contributed by atoms with van der Waals surface area (Å²) in [6, 6.07) is 18.0. The Balaban J connectivity index is 1.82. The summed E-state index contributed by atoms with van der Waals surface area (Å²) in [4.78, 5) is 14.3. The van der Waals surface area contributed by atoms with E-state index in [1.807, 2.05) is 36.7 Å². The minimum absolute atomic E-state index is 0.267. The van der Waals surface area contributed by atoms with Crippen molar-refractivity contribution in [3.05, 3.63) is 89.6 Å². The van der Waals surface area contributed by atoms with Gasteiger partial charge in [-0.25, -0.2) is 13.6 Å². The second-order valence-corrected chi connectivity index (χ2v) is 7.82. The van der Waals surface area contributed by atoms with Crippen molar-refractivity contribution in [2.24, 2.45) is 0 Å². The number of hydrogen-bond donors (Lipinski definition) is 0. The van der Waals surface area contributed by atoms with Crippen LogP contribution in [0.15, 0.2) is 66.9 Å². The second kappa shape index (κ2) is 9.75. The molecule has 1 aromatic heterocycles. The standard InChI is InChI=1S/C27H23F2N3O2/c1-3-31(4-2)27(33)34-25-10-9-24-23(26(25)20-7-5-18(16-30)6-8-20)11-12-32(24)17-19-13-21(28)15-22(29)14-19/h5-15H,3-4,17H2,1-2H3. The molecule has 1 amide bonds. The van der Waals surface area contributed by atoms with E-state index >= 15 is 0 Å². The van der Waals surface area contributed by atoms with Crippen molar-refractivity contribution >= 4 is 17.0 Å². The SMILES string of the molecule is CCN(CC)C(=O)Oc1ccc2c(ccn2Cc2cc(F)cc(F)c2)c1-c1ccc(C#N)cc1. The first-order valence-corrected chi connectivity index (χ1v) is 11.0. The highest BCUT2D eigenvalue weighted by Crippen LogP contribution is 2.38. The highest BCUT2D eigenvalue weighted by molar-refractivity contribution is 5.99. The Labute approximate surface area is 196 Å². The molecule has 0 bridgehead atoms. The van der Waals surface area contributed by atoms with Crippen molar-refractivity contribution in [2.45, 2.75) is 20.4 Å². The maximum absolute atomic E-state index is 13.7. The molecule has 4 rings (SSSR count). The molecule has 0 spiro atoms. The molecule has 172 valence electrons. The average molecular weight is 459 g/mol. The number of carbonyl (C=O) groups is 1. The van der Waals surface area contributed by atoms with Crippen LogP contribution in [-0.2, 0) is 6.54 Å². The lowest BCUT2D eigenvalue weighted by Gasteiger charge is -2.20. The Morgan fingerprint density at radius 3 is 2.29 bits per heavy atom. The summed E-state index contributed by atoms with van der Waals surface area (Å²) < 4.78 is 35.0. The summed E-state index contributed by atoms with van der Waals surface area (Å²) in [5.74, 6) is -0.866. The summed E-state index contributed by atoms with van der Waals surface area (Å²) in [5, 5.41) is 9.97. The molecular formula is C27H23F2N3O2. The molecule has 0 saturated carbocycles. The number of ether oxygens (including phenoxy) is 1. The molecule has 1 heterocycles. The van der Waals surface area contributed by atoms with E-state index in [9.17, 15) is 13.6 Å². The zero-order chi connectivity index (χ0) is 24.2. The molecular weight excluding hydrogens is 436 g/mol. The van der Waals surface area contributed by atoms with Gasteiger partial charge in [-0.05, 0) is 67.4 Å². The maximum Gasteiger partial charge on any atom is 0.415 e. The quantitative estimate of drug-likeness (QED) is 0.338. The van der Waals surface area contributed by atoms with Gasteiger partial charge in [-0.15, -0.1) is 0 Å². The average Bonchev–Trinajstić information content (AvgIpc) is 3.21. The number of nitrogens with zero attached hydrogens (tertiary/aromatic N) is 3. The van der Waals surface area contributed by atoms with Crippen molar-refractivity contribution in [2.75, 3.05) is 13.1 Å². The first kappa shape index (κ1) is 23.0. The Morgan fingerprint density at radius 2 is 1.68 bits per heavy atom. The molecule has 0 radical (unpaired) electrons. The summed E-state index contributed by atoms with van der Waals surface area (Å²) >= 11 is 0. The number of fused-ring (bicyclic) bond motifs is 1. The van der Waals surface area contributed by atoms with Gasteiger partial charge in [-0.1, -0.05) is 12.1 Å². The number of amides is 1. The lowest BCUT2D eigenvalue weighted by molar-refractivity contribution is 0.157. The van der Waals surface area contributed by atoms with Gasteiger partial charge in [0.25, 0.3) is 0 Å².